The molecule has 2 rings (SSSR count). The molecule has 0 spiro atoms. The second kappa shape index (κ2) is 12.7. The molecule has 7 heteroatoms. The van der Waals surface area contributed by atoms with Crippen LogP contribution in [0.5, 0.6) is 0 Å². The zero-order chi connectivity index (χ0) is 23.5. The average Bonchev–Trinajstić information content (AvgIpc) is 2.76. The number of aliphatic hydroxyl groups excluding tert-OH is 1. The lowest BCUT2D eigenvalue weighted by Gasteiger charge is -2.31. The number of carbonyl (C=O) groups is 2. The van der Waals surface area contributed by atoms with Crippen LogP contribution >= 0.6 is 0 Å². The van der Waals surface area contributed by atoms with E-state index < -0.39 is 24.3 Å². The largest absolute Gasteiger partial charge is 0.447 e. The summed E-state index contributed by atoms with van der Waals surface area (Å²) in [6.45, 7) is 7.49. The van der Waals surface area contributed by atoms with Gasteiger partial charge in [0.2, 0.25) is 0 Å². The van der Waals surface area contributed by atoms with Crippen LogP contribution in [0.2, 0.25) is 0 Å². The van der Waals surface area contributed by atoms with Gasteiger partial charge >= 0.3 is 12.2 Å². The Morgan fingerprint density at radius 3 is 1.94 bits per heavy atom. The number of benzene rings is 2. The van der Waals surface area contributed by atoms with Gasteiger partial charge in [0.1, 0.15) is 19.3 Å². The quantitative estimate of drug-likeness (QED) is 0.577. The SMILES string of the molecule is CC(C)N(C(=O)OC[C@H](O)[C@H](Cc1ccccc1)NC(=O)OCc1ccccc1)C(C)C. The van der Waals surface area contributed by atoms with E-state index in [0.717, 1.165) is 11.1 Å². The molecule has 174 valence electrons. The number of nitrogens with one attached hydrogen (secondary N) is 1. The van der Waals surface area contributed by atoms with Gasteiger partial charge in [0, 0.05) is 12.1 Å². The van der Waals surface area contributed by atoms with Gasteiger partial charge in [-0.3, -0.25) is 0 Å². The maximum atomic E-state index is 12.5. The number of aliphatic hydroxyl groups is 1. The van der Waals surface area contributed by atoms with Gasteiger partial charge in [-0.2, -0.15) is 0 Å². The Balaban J connectivity index is 2.00. The molecule has 2 N–H and O–H groups in total. The summed E-state index contributed by atoms with van der Waals surface area (Å²) in [5, 5.41) is 13.5. The van der Waals surface area contributed by atoms with Crippen LogP contribution in [0.25, 0.3) is 0 Å². The molecule has 0 bridgehead atoms. The van der Waals surface area contributed by atoms with Gasteiger partial charge in [0.25, 0.3) is 0 Å². The van der Waals surface area contributed by atoms with Crippen LogP contribution in [-0.4, -0.2) is 53.0 Å². The van der Waals surface area contributed by atoms with Crippen molar-refractivity contribution in [2.45, 2.75) is 65.0 Å². The third-order valence-electron chi connectivity index (χ3n) is 4.98. The lowest BCUT2D eigenvalue weighted by molar-refractivity contribution is 0.0204. The van der Waals surface area contributed by atoms with Crippen molar-refractivity contribution >= 4 is 12.2 Å². The Hall–Kier alpha value is -3.06. The normalized spacial score (nSPS) is 12.8. The highest BCUT2D eigenvalue weighted by atomic mass is 16.6. The molecule has 0 unspecified atom stereocenters. The summed E-state index contributed by atoms with van der Waals surface area (Å²) in [6.07, 6.45) is -1.90. The number of alkyl carbamates (subject to hydrolysis) is 1. The molecule has 2 atom stereocenters. The highest BCUT2D eigenvalue weighted by molar-refractivity contribution is 5.69. The first-order valence-electron chi connectivity index (χ1n) is 10.9. The number of amides is 2. The third-order valence-corrected chi connectivity index (χ3v) is 4.98. The Bertz CT molecular complexity index is 819. The van der Waals surface area contributed by atoms with Crippen LogP contribution in [0.3, 0.4) is 0 Å². The third kappa shape index (κ3) is 8.23. The van der Waals surface area contributed by atoms with E-state index in [4.69, 9.17) is 9.47 Å². The molecule has 0 fully saturated rings. The summed E-state index contributed by atoms with van der Waals surface area (Å²) in [7, 11) is 0. The van der Waals surface area contributed by atoms with Gasteiger partial charge in [0.15, 0.2) is 0 Å². The number of hydrogen-bond acceptors (Lipinski definition) is 5. The molecule has 0 aliphatic rings. The average molecular weight is 443 g/mol. The molecule has 0 saturated heterocycles. The van der Waals surface area contributed by atoms with E-state index in [1.807, 2.05) is 88.4 Å². The van der Waals surface area contributed by atoms with Crippen LogP contribution in [-0.2, 0) is 22.5 Å². The number of ether oxygens (including phenoxy) is 2. The van der Waals surface area contributed by atoms with Crippen molar-refractivity contribution in [2.75, 3.05) is 6.61 Å². The summed E-state index contributed by atoms with van der Waals surface area (Å²) in [6, 6.07) is 18.0. The first-order chi connectivity index (χ1) is 15.3. The lowest BCUT2D eigenvalue weighted by Crippen LogP contribution is -2.48. The maximum Gasteiger partial charge on any atom is 0.410 e. The molecule has 0 aromatic heterocycles. The monoisotopic (exact) mass is 442 g/mol. The van der Waals surface area contributed by atoms with Crippen LogP contribution in [0.15, 0.2) is 60.7 Å². The van der Waals surface area contributed by atoms with Crippen molar-refractivity contribution in [1.82, 2.24) is 10.2 Å². The summed E-state index contributed by atoms with van der Waals surface area (Å²) in [4.78, 5) is 26.5. The molecule has 32 heavy (non-hydrogen) atoms. The van der Waals surface area contributed by atoms with Gasteiger partial charge < -0.3 is 24.8 Å². The molecular weight excluding hydrogens is 408 g/mol. The Morgan fingerprint density at radius 2 is 1.41 bits per heavy atom. The molecular formula is C25H34N2O5. The molecule has 2 aromatic carbocycles. The van der Waals surface area contributed by atoms with E-state index in [1.165, 1.54) is 0 Å². The van der Waals surface area contributed by atoms with Crippen molar-refractivity contribution in [3.63, 3.8) is 0 Å². The van der Waals surface area contributed by atoms with Gasteiger partial charge in [0.05, 0.1) is 6.04 Å². The minimum absolute atomic E-state index is 0.0363. The smallest absolute Gasteiger partial charge is 0.410 e. The molecule has 0 heterocycles. The number of nitrogens with zero attached hydrogens (tertiary/aromatic N) is 1. The van der Waals surface area contributed by atoms with Crippen LogP contribution < -0.4 is 5.32 Å². The van der Waals surface area contributed by atoms with Gasteiger partial charge in [-0.25, -0.2) is 9.59 Å². The second-order valence-electron chi connectivity index (χ2n) is 8.24. The molecule has 0 aliphatic heterocycles. The zero-order valence-electron chi connectivity index (χ0n) is 19.2. The van der Waals surface area contributed by atoms with E-state index in [1.54, 1.807) is 4.90 Å². The predicted octanol–water partition coefficient (Wildman–Crippen LogP) is 4.14. The molecule has 2 aromatic rings. The Labute approximate surface area is 190 Å². The molecule has 2 amide bonds. The van der Waals surface area contributed by atoms with Crippen molar-refractivity contribution in [3.8, 4) is 0 Å². The summed E-state index contributed by atoms with van der Waals surface area (Å²) < 4.78 is 10.7. The molecule has 0 aliphatic carbocycles. The van der Waals surface area contributed by atoms with Gasteiger partial charge in [-0.1, -0.05) is 60.7 Å². The van der Waals surface area contributed by atoms with Crippen molar-refractivity contribution in [1.29, 1.82) is 0 Å². The van der Waals surface area contributed by atoms with Crippen molar-refractivity contribution < 1.29 is 24.2 Å². The van der Waals surface area contributed by atoms with Gasteiger partial charge in [-0.05, 0) is 45.2 Å². The van der Waals surface area contributed by atoms with Crippen LogP contribution in [0, 0.1) is 0 Å². The molecule has 0 radical (unpaired) electrons. The summed E-state index contributed by atoms with van der Waals surface area (Å²) in [5.74, 6) is 0. The minimum atomic E-state index is -1.11. The number of rotatable bonds is 10. The zero-order valence-corrected chi connectivity index (χ0v) is 19.2. The highest BCUT2D eigenvalue weighted by Gasteiger charge is 2.27. The van der Waals surface area contributed by atoms with Crippen LogP contribution in [0.1, 0.15) is 38.8 Å². The van der Waals surface area contributed by atoms with E-state index in [2.05, 4.69) is 5.32 Å². The van der Waals surface area contributed by atoms with Gasteiger partial charge in [-0.15, -0.1) is 0 Å². The fourth-order valence-corrected chi connectivity index (χ4v) is 3.43. The molecule has 7 nitrogen and oxygen atoms in total. The number of carbonyl (C=O) groups excluding carboxylic acids is 2. The first kappa shape index (κ1) is 25.2. The summed E-state index contributed by atoms with van der Waals surface area (Å²) in [5.41, 5.74) is 1.79. The highest BCUT2D eigenvalue weighted by Crippen LogP contribution is 2.11. The molecule has 0 saturated carbocycles. The van der Waals surface area contributed by atoms with E-state index in [0.29, 0.717) is 6.42 Å². The van der Waals surface area contributed by atoms with Crippen molar-refractivity contribution in [2.24, 2.45) is 0 Å². The van der Waals surface area contributed by atoms with Crippen LogP contribution in [0.4, 0.5) is 9.59 Å². The standard InChI is InChI=1S/C25H34N2O5/c1-18(2)27(19(3)4)25(30)32-17-23(28)22(15-20-11-7-5-8-12-20)26-24(29)31-16-21-13-9-6-10-14-21/h5-14,18-19,22-23,28H,15-17H2,1-4H3,(H,26,29)/t22-,23-/m0/s1. The second-order valence-corrected chi connectivity index (χ2v) is 8.24. The first-order valence-corrected chi connectivity index (χ1v) is 10.9. The fraction of sp³-hybridized carbons (Fsp3) is 0.440. The lowest BCUT2D eigenvalue weighted by atomic mass is 10.0. The predicted molar refractivity (Wildman–Crippen MR) is 123 cm³/mol. The maximum absolute atomic E-state index is 12.5. The number of hydrogen-bond donors (Lipinski definition) is 2. The Morgan fingerprint density at radius 1 is 0.875 bits per heavy atom. The summed E-state index contributed by atoms with van der Waals surface area (Å²) >= 11 is 0. The topological polar surface area (TPSA) is 88.1 Å². The van der Waals surface area contributed by atoms with E-state index in [-0.39, 0.29) is 25.3 Å². The van der Waals surface area contributed by atoms with Crippen molar-refractivity contribution in [3.05, 3.63) is 71.8 Å². The van der Waals surface area contributed by atoms with E-state index >= 15 is 0 Å². The fourth-order valence-electron chi connectivity index (χ4n) is 3.43. The Kier molecular flexibility index (Phi) is 10.0. The minimum Gasteiger partial charge on any atom is -0.447 e. The van der Waals surface area contributed by atoms with E-state index in [9.17, 15) is 14.7 Å².